The van der Waals surface area contributed by atoms with E-state index >= 15 is 0 Å². The zero-order chi connectivity index (χ0) is 19.5. The van der Waals surface area contributed by atoms with Gasteiger partial charge in [-0.2, -0.15) is 0 Å². The zero-order valence-corrected chi connectivity index (χ0v) is 16.6. The summed E-state index contributed by atoms with van der Waals surface area (Å²) in [5.41, 5.74) is 10.4. The number of pyridine rings is 2. The molecule has 1 fully saturated rings. The number of benzene rings is 1. The Bertz CT molecular complexity index is 950. The van der Waals surface area contributed by atoms with Gasteiger partial charge in [-0.25, -0.2) is 4.98 Å². The molecule has 0 spiro atoms. The van der Waals surface area contributed by atoms with E-state index in [-0.39, 0.29) is 6.10 Å². The van der Waals surface area contributed by atoms with Crippen LogP contribution in [0.4, 0.5) is 11.5 Å². The van der Waals surface area contributed by atoms with Gasteiger partial charge in [-0.15, -0.1) is 0 Å². The van der Waals surface area contributed by atoms with Gasteiger partial charge in [-0.05, 0) is 68.9 Å². The summed E-state index contributed by atoms with van der Waals surface area (Å²) in [4.78, 5) is 9.11. The number of ether oxygens (including phenoxy) is 1. The Hall–Kier alpha value is -2.82. The molecular weight excluding hydrogens is 348 g/mol. The molecular formula is C23H28N4O. The molecule has 0 aliphatic heterocycles. The molecule has 0 amide bonds. The summed E-state index contributed by atoms with van der Waals surface area (Å²) in [6.45, 7) is 4.14. The van der Waals surface area contributed by atoms with Crippen LogP contribution in [-0.4, -0.2) is 22.1 Å². The predicted molar refractivity (Wildman–Crippen MR) is 115 cm³/mol. The van der Waals surface area contributed by atoms with Crippen LogP contribution < -0.4 is 15.8 Å². The summed E-state index contributed by atoms with van der Waals surface area (Å²) in [7, 11) is 0. The number of hydrogen-bond donors (Lipinski definition) is 2. The van der Waals surface area contributed by atoms with Gasteiger partial charge in [0.05, 0.1) is 17.0 Å². The number of anilines is 2. The van der Waals surface area contributed by atoms with E-state index in [0.29, 0.717) is 6.04 Å². The van der Waals surface area contributed by atoms with Gasteiger partial charge >= 0.3 is 0 Å². The van der Waals surface area contributed by atoms with Gasteiger partial charge in [0, 0.05) is 23.6 Å². The average molecular weight is 377 g/mol. The number of hydrogen-bond acceptors (Lipinski definition) is 5. The van der Waals surface area contributed by atoms with E-state index in [1.807, 2.05) is 49.5 Å². The Labute approximate surface area is 166 Å². The van der Waals surface area contributed by atoms with Gasteiger partial charge in [0.25, 0.3) is 0 Å². The van der Waals surface area contributed by atoms with Gasteiger partial charge in [-0.3, -0.25) is 4.98 Å². The lowest BCUT2D eigenvalue weighted by Crippen LogP contribution is -2.31. The van der Waals surface area contributed by atoms with Gasteiger partial charge < -0.3 is 15.8 Å². The first kappa shape index (κ1) is 18.5. The quantitative estimate of drug-likeness (QED) is 0.663. The number of nitrogens with zero attached hydrogens (tertiary/aromatic N) is 2. The van der Waals surface area contributed by atoms with Crippen LogP contribution in [0.3, 0.4) is 0 Å². The number of nitrogens with one attached hydrogen (secondary N) is 1. The molecule has 0 saturated heterocycles. The summed E-state index contributed by atoms with van der Waals surface area (Å²) in [6, 6.07) is 12.4. The van der Waals surface area contributed by atoms with E-state index in [4.69, 9.17) is 15.5 Å². The van der Waals surface area contributed by atoms with Crippen LogP contribution in [0.25, 0.3) is 10.9 Å². The lowest BCUT2D eigenvalue weighted by Gasteiger charge is -2.30. The highest BCUT2D eigenvalue weighted by molar-refractivity contribution is 5.97. The second kappa shape index (κ2) is 8.05. The maximum atomic E-state index is 6.51. The summed E-state index contributed by atoms with van der Waals surface area (Å²) in [5, 5.41) is 4.49. The van der Waals surface area contributed by atoms with Crippen molar-refractivity contribution in [2.75, 3.05) is 11.1 Å². The normalized spacial score (nSPS) is 19.5. The first-order valence-electron chi connectivity index (χ1n) is 10.2. The second-order valence-electron chi connectivity index (χ2n) is 7.54. The van der Waals surface area contributed by atoms with Crippen molar-refractivity contribution in [3.63, 3.8) is 0 Å². The molecule has 3 aromatic rings. The molecule has 28 heavy (non-hydrogen) atoms. The van der Waals surface area contributed by atoms with E-state index in [9.17, 15) is 0 Å². The van der Waals surface area contributed by atoms with Crippen molar-refractivity contribution < 1.29 is 4.74 Å². The number of rotatable bonds is 5. The van der Waals surface area contributed by atoms with Crippen LogP contribution in [0, 0.1) is 6.92 Å². The number of nitrogens with two attached hydrogens (primary N) is 1. The third kappa shape index (κ3) is 3.75. The molecule has 0 atom stereocenters. The third-order valence-electron chi connectivity index (χ3n) is 5.66. The minimum Gasteiger partial charge on any atom is -0.490 e. The van der Waals surface area contributed by atoms with Crippen molar-refractivity contribution in [1.29, 1.82) is 0 Å². The highest BCUT2D eigenvalue weighted by Gasteiger charge is 2.24. The van der Waals surface area contributed by atoms with Crippen molar-refractivity contribution in [3.05, 3.63) is 53.9 Å². The summed E-state index contributed by atoms with van der Waals surface area (Å²) >= 11 is 0. The Kier molecular flexibility index (Phi) is 5.33. The van der Waals surface area contributed by atoms with Crippen molar-refractivity contribution in [2.45, 2.75) is 58.1 Å². The fourth-order valence-corrected chi connectivity index (χ4v) is 4.18. The van der Waals surface area contributed by atoms with Gasteiger partial charge in [0.1, 0.15) is 11.6 Å². The van der Waals surface area contributed by atoms with Gasteiger partial charge in [0.15, 0.2) is 0 Å². The van der Waals surface area contributed by atoms with Crippen LogP contribution in [0.15, 0.2) is 42.6 Å². The zero-order valence-electron chi connectivity index (χ0n) is 16.6. The highest BCUT2D eigenvalue weighted by atomic mass is 16.5. The van der Waals surface area contributed by atoms with Crippen LogP contribution >= 0.6 is 0 Å². The molecule has 0 radical (unpaired) electrons. The number of nitrogen functional groups attached to an aromatic ring is 1. The molecule has 2 heterocycles. The van der Waals surface area contributed by atoms with Crippen LogP contribution in [0.5, 0.6) is 5.75 Å². The molecule has 2 aromatic heterocycles. The Morgan fingerprint density at radius 1 is 1.11 bits per heavy atom. The predicted octanol–water partition coefficient (Wildman–Crippen LogP) is 4.88. The molecule has 5 nitrogen and oxygen atoms in total. The van der Waals surface area contributed by atoms with E-state index in [2.05, 4.69) is 17.2 Å². The van der Waals surface area contributed by atoms with E-state index in [1.165, 1.54) is 0 Å². The Morgan fingerprint density at radius 2 is 1.93 bits per heavy atom. The molecule has 0 bridgehead atoms. The molecule has 3 N–H and O–H groups in total. The van der Waals surface area contributed by atoms with E-state index in [0.717, 1.165) is 71.5 Å². The third-order valence-corrected chi connectivity index (χ3v) is 5.66. The molecule has 5 heteroatoms. The van der Waals surface area contributed by atoms with Crippen LogP contribution in [0.1, 0.15) is 43.9 Å². The Morgan fingerprint density at radius 3 is 2.64 bits per heavy atom. The van der Waals surface area contributed by atoms with Gasteiger partial charge in [0.2, 0.25) is 0 Å². The molecule has 1 aliphatic carbocycles. The molecule has 1 aromatic carbocycles. The first-order valence-corrected chi connectivity index (χ1v) is 10.2. The molecule has 146 valence electrons. The first-order chi connectivity index (χ1) is 13.7. The lowest BCUT2D eigenvalue weighted by atomic mass is 9.93. The lowest BCUT2D eigenvalue weighted by molar-refractivity contribution is 0.152. The number of aromatic nitrogens is 2. The second-order valence-corrected chi connectivity index (χ2v) is 7.54. The summed E-state index contributed by atoms with van der Waals surface area (Å²) in [6.07, 6.45) is 7.07. The SMILES string of the molecule is CCc1c(C)nc2cccc(O[C@H]3CC[C@H](Nc4ccccn4)CC3)c2c1N. The van der Waals surface area contributed by atoms with Crippen molar-refractivity contribution in [1.82, 2.24) is 9.97 Å². The minimum absolute atomic E-state index is 0.207. The Balaban J connectivity index is 1.47. The number of fused-ring (bicyclic) bond motifs is 1. The highest BCUT2D eigenvalue weighted by Crippen LogP contribution is 2.35. The van der Waals surface area contributed by atoms with Gasteiger partial charge in [-0.1, -0.05) is 19.1 Å². The maximum Gasteiger partial charge on any atom is 0.131 e. The maximum absolute atomic E-state index is 6.51. The minimum atomic E-state index is 0.207. The number of aryl methyl sites for hydroxylation is 1. The average Bonchev–Trinajstić information content (AvgIpc) is 2.70. The van der Waals surface area contributed by atoms with E-state index in [1.54, 1.807) is 0 Å². The summed E-state index contributed by atoms with van der Waals surface area (Å²) in [5.74, 6) is 1.81. The molecule has 1 saturated carbocycles. The smallest absolute Gasteiger partial charge is 0.131 e. The summed E-state index contributed by atoms with van der Waals surface area (Å²) < 4.78 is 6.42. The van der Waals surface area contributed by atoms with Crippen molar-refractivity contribution in [2.24, 2.45) is 0 Å². The monoisotopic (exact) mass is 376 g/mol. The standard InChI is InChI=1S/C23H28N4O/c1-3-18-15(2)26-19-7-6-8-20(22(19)23(18)24)28-17-12-10-16(11-13-17)27-21-9-4-5-14-25-21/h4-9,14,16-17H,3,10-13H2,1-2H3,(H2,24,26)(H,25,27)/t16-,17-. The molecule has 1 aliphatic rings. The fraction of sp³-hybridized carbons (Fsp3) is 0.391. The van der Waals surface area contributed by atoms with Crippen molar-refractivity contribution >= 4 is 22.4 Å². The van der Waals surface area contributed by atoms with Crippen molar-refractivity contribution in [3.8, 4) is 5.75 Å². The fourth-order valence-electron chi connectivity index (χ4n) is 4.18. The largest absolute Gasteiger partial charge is 0.490 e. The van der Waals surface area contributed by atoms with Crippen LogP contribution in [-0.2, 0) is 6.42 Å². The molecule has 0 unspecified atom stereocenters. The molecule has 4 rings (SSSR count). The van der Waals surface area contributed by atoms with Crippen LogP contribution in [0.2, 0.25) is 0 Å². The topological polar surface area (TPSA) is 73.1 Å². The van der Waals surface area contributed by atoms with E-state index < -0.39 is 0 Å².